The van der Waals surface area contributed by atoms with Gasteiger partial charge in [0.15, 0.2) is 0 Å². The molecule has 0 aromatic carbocycles. The highest BCUT2D eigenvalue weighted by atomic mass is 35.5. The molecular formula is C13H18ClN3O. The second kappa shape index (κ2) is 3.85. The summed E-state index contributed by atoms with van der Waals surface area (Å²) in [5.41, 5.74) is 6.16. The van der Waals surface area contributed by atoms with Crippen molar-refractivity contribution < 1.29 is 4.79 Å². The van der Waals surface area contributed by atoms with Crippen molar-refractivity contribution in [2.75, 3.05) is 5.73 Å². The van der Waals surface area contributed by atoms with Crippen molar-refractivity contribution in [2.45, 2.75) is 33.7 Å². The maximum Gasteiger partial charge on any atom is 0.253 e. The van der Waals surface area contributed by atoms with Crippen LogP contribution in [0.4, 0.5) is 5.82 Å². The number of pyridine rings is 1. The number of hydrogen-bond donors (Lipinski definition) is 2. The van der Waals surface area contributed by atoms with E-state index in [1.54, 1.807) is 6.07 Å². The van der Waals surface area contributed by atoms with Gasteiger partial charge in [-0.25, -0.2) is 4.98 Å². The quantitative estimate of drug-likeness (QED) is 0.865. The molecule has 1 aromatic rings. The molecule has 0 saturated heterocycles. The molecule has 1 fully saturated rings. The van der Waals surface area contributed by atoms with Crippen molar-refractivity contribution in [3.05, 3.63) is 22.8 Å². The predicted molar refractivity (Wildman–Crippen MR) is 72.5 cm³/mol. The summed E-state index contributed by atoms with van der Waals surface area (Å²) >= 11 is 5.85. The fourth-order valence-electron chi connectivity index (χ4n) is 2.34. The Hall–Kier alpha value is -1.29. The largest absolute Gasteiger partial charge is 0.382 e. The molecule has 1 amide bonds. The molecule has 0 radical (unpaired) electrons. The highest BCUT2D eigenvalue weighted by Crippen LogP contribution is 2.62. The first-order valence-electron chi connectivity index (χ1n) is 5.90. The molecule has 0 aliphatic heterocycles. The molecule has 1 saturated carbocycles. The van der Waals surface area contributed by atoms with Gasteiger partial charge in [0.1, 0.15) is 5.82 Å². The first kappa shape index (κ1) is 13.1. The lowest BCUT2D eigenvalue weighted by Crippen LogP contribution is -2.29. The summed E-state index contributed by atoms with van der Waals surface area (Å²) < 4.78 is 0. The summed E-state index contributed by atoms with van der Waals surface area (Å²) in [7, 11) is 0. The lowest BCUT2D eigenvalue weighted by atomic mass is 10.0. The minimum Gasteiger partial charge on any atom is -0.382 e. The predicted octanol–water partition coefficient (Wildman–Crippen LogP) is 2.48. The van der Waals surface area contributed by atoms with Crippen molar-refractivity contribution >= 4 is 23.3 Å². The Kier molecular flexibility index (Phi) is 2.81. The average molecular weight is 268 g/mol. The molecule has 1 aliphatic rings. The zero-order chi connectivity index (χ0) is 13.7. The Balaban J connectivity index is 2.12. The van der Waals surface area contributed by atoms with Gasteiger partial charge in [0.25, 0.3) is 5.91 Å². The van der Waals surface area contributed by atoms with Gasteiger partial charge in [-0.3, -0.25) is 4.79 Å². The topological polar surface area (TPSA) is 68.0 Å². The molecule has 1 heterocycles. The van der Waals surface area contributed by atoms with Crippen molar-refractivity contribution in [1.82, 2.24) is 10.3 Å². The number of nitrogens with zero attached hydrogens (tertiary/aromatic N) is 1. The van der Waals surface area contributed by atoms with Gasteiger partial charge in [-0.05, 0) is 16.9 Å². The number of nitrogen functional groups attached to an aromatic ring is 1. The third kappa shape index (κ3) is 1.85. The van der Waals surface area contributed by atoms with Crippen LogP contribution in [0.2, 0.25) is 5.02 Å². The van der Waals surface area contributed by atoms with Crippen molar-refractivity contribution in [2.24, 2.45) is 10.8 Å². The van der Waals surface area contributed by atoms with Crippen LogP contribution >= 0.6 is 11.6 Å². The van der Waals surface area contributed by atoms with E-state index in [0.29, 0.717) is 10.6 Å². The monoisotopic (exact) mass is 267 g/mol. The highest BCUT2D eigenvalue weighted by Gasteiger charge is 2.65. The van der Waals surface area contributed by atoms with Crippen LogP contribution in [0, 0.1) is 10.8 Å². The molecule has 0 spiro atoms. The van der Waals surface area contributed by atoms with Crippen LogP contribution in [0.5, 0.6) is 0 Å². The van der Waals surface area contributed by atoms with Crippen molar-refractivity contribution in [1.29, 1.82) is 0 Å². The van der Waals surface area contributed by atoms with Gasteiger partial charge in [0, 0.05) is 12.2 Å². The van der Waals surface area contributed by atoms with Gasteiger partial charge in [-0.2, -0.15) is 0 Å². The van der Waals surface area contributed by atoms with E-state index in [0.717, 1.165) is 0 Å². The fraction of sp³-hybridized carbons (Fsp3) is 0.538. The Labute approximate surface area is 112 Å². The molecule has 0 unspecified atom stereocenters. The maximum absolute atomic E-state index is 12.1. The minimum atomic E-state index is -0.159. The highest BCUT2D eigenvalue weighted by molar-refractivity contribution is 6.33. The van der Waals surface area contributed by atoms with Crippen molar-refractivity contribution in [3.8, 4) is 0 Å². The lowest BCUT2D eigenvalue weighted by molar-refractivity contribution is 0.0943. The molecule has 0 atom stereocenters. The van der Waals surface area contributed by atoms with Gasteiger partial charge in [-0.1, -0.05) is 39.3 Å². The number of anilines is 1. The van der Waals surface area contributed by atoms with E-state index >= 15 is 0 Å². The van der Waals surface area contributed by atoms with E-state index in [1.165, 1.54) is 6.20 Å². The average Bonchev–Trinajstić information content (AvgIpc) is 2.65. The summed E-state index contributed by atoms with van der Waals surface area (Å²) in [5.74, 6) is 0.0772. The number of rotatable bonds is 2. The zero-order valence-electron chi connectivity index (χ0n) is 11.0. The number of carbonyl (C=O) groups excluding carboxylic acids is 1. The molecule has 4 nitrogen and oxygen atoms in total. The van der Waals surface area contributed by atoms with E-state index in [9.17, 15) is 4.79 Å². The Morgan fingerprint density at radius 3 is 2.39 bits per heavy atom. The fourth-order valence-corrected chi connectivity index (χ4v) is 2.51. The van der Waals surface area contributed by atoms with Crippen LogP contribution in [0.1, 0.15) is 38.1 Å². The summed E-state index contributed by atoms with van der Waals surface area (Å²) in [6, 6.07) is 1.70. The van der Waals surface area contributed by atoms with Crippen LogP contribution in [-0.2, 0) is 0 Å². The smallest absolute Gasteiger partial charge is 0.253 e. The summed E-state index contributed by atoms with van der Waals surface area (Å²) in [4.78, 5) is 16.0. The first-order valence-corrected chi connectivity index (χ1v) is 6.27. The molecule has 2 rings (SSSR count). The molecule has 1 aliphatic carbocycles. The molecule has 0 bridgehead atoms. The molecule has 5 heteroatoms. The van der Waals surface area contributed by atoms with Crippen molar-refractivity contribution in [3.63, 3.8) is 0 Å². The van der Waals surface area contributed by atoms with E-state index in [1.807, 2.05) is 0 Å². The third-order valence-corrected chi connectivity index (χ3v) is 4.73. The second-order valence-corrected chi connectivity index (χ2v) is 6.35. The van der Waals surface area contributed by atoms with Crippen LogP contribution < -0.4 is 11.1 Å². The van der Waals surface area contributed by atoms with E-state index in [4.69, 9.17) is 17.3 Å². The van der Waals surface area contributed by atoms with E-state index < -0.39 is 0 Å². The molecule has 98 valence electrons. The summed E-state index contributed by atoms with van der Waals surface area (Å²) in [6.07, 6.45) is 1.44. The Morgan fingerprint density at radius 2 is 1.94 bits per heavy atom. The van der Waals surface area contributed by atoms with Gasteiger partial charge in [0.2, 0.25) is 0 Å². The molecule has 3 N–H and O–H groups in total. The standard InChI is InChI=1S/C13H18ClN3O/c1-12(2)11(13(12,3)4)17-10(18)7-5-8(14)9(15)16-6-7/h5-6,11H,1-4H3,(H2,15,16)(H,17,18). The number of nitrogens with two attached hydrogens (primary N) is 1. The number of halogens is 1. The number of hydrogen-bond acceptors (Lipinski definition) is 3. The first-order chi connectivity index (χ1) is 8.18. The second-order valence-electron chi connectivity index (χ2n) is 5.94. The number of aromatic nitrogens is 1. The van der Waals surface area contributed by atoms with E-state index in [2.05, 4.69) is 38.0 Å². The van der Waals surface area contributed by atoms with Gasteiger partial charge in [-0.15, -0.1) is 0 Å². The molecule has 18 heavy (non-hydrogen) atoms. The zero-order valence-corrected chi connectivity index (χ0v) is 11.8. The van der Waals surface area contributed by atoms with Gasteiger partial charge >= 0.3 is 0 Å². The lowest BCUT2D eigenvalue weighted by Gasteiger charge is -2.07. The van der Waals surface area contributed by atoms with Crippen LogP contribution in [0.3, 0.4) is 0 Å². The summed E-state index contributed by atoms with van der Waals surface area (Å²) in [5, 5.41) is 3.32. The van der Waals surface area contributed by atoms with Crippen LogP contribution in [0.15, 0.2) is 12.3 Å². The normalized spacial score (nSPS) is 20.5. The maximum atomic E-state index is 12.1. The number of nitrogens with one attached hydrogen (secondary N) is 1. The third-order valence-electron chi connectivity index (χ3n) is 4.43. The van der Waals surface area contributed by atoms with E-state index in [-0.39, 0.29) is 28.6 Å². The Bertz CT molecular complexity index is 497. The van der Waals surface area contributed by atoms with Crippen LogP contribution in [-0.4, -0.2) is 16.9 Å². The number of carbonyl (C=O) groups is 1. The SMILES string of the molecule is CC1(C)C(NC(=O)c2cnc(N)c(Cl)c2)C1(C)C. The van der Waals surface area contributed by atoms with Gasteiger partial charge in [0.05, 0.1) is 10.6 Å². The van der Waals surface area contributed by atoms with Crippen LogP contribution in [0.25, 0.3) is 0 Å². The van der Waals surface area contributed by atoms with Gasteiger partial charge < -0.3 is 11.1 Å². The summed E-state index contributed by atoms with van der Waals surface area (Å²) in [6.45, 7) is 8.58. The Morgan fingerprint density at radius 1 is 1.39 bits per heavy atom. The molecule has 1 aromatic heterocycles. The molecular weight excluding hydrogens is 250 g/mol. The minimum absolute atomic E-state index is 0.105. The number of amides is 1.